The number of hydrogen-bond acceptors (Lipinski definition) is 4. The van der Waals surface area contributed by atoms with Gasteiger partial charge in [0.2, 0.25) is 0 Å². The second-order valence-corrected chi connectivity index (χ2v) is 4.14. The smallest absolute Gasteiger partial charge is 0.188 e. The molecule has 0 heterocycles. The molecule has 4 nitrogen and oxygen atoms in total. The quantitative estimate of drug-likeness (QED) is 0.495. The lowest BCUT2D eigenvalue weighted by atomic mass is 10.1. The van der Waals surface area contributed by atoms with Crippen LogP contribution in [-0.4, -0.2) is 5.52 Å². The summed E-state index contributed by atoms with van der Waals surface area (Å²) in [6.45, 7) is 5.01. The summed E-state index contributed by atoms with van der Waals surface area (Å²) in [5, 5.41) is 0. The van der Waals surface area contributed by atoms with Crippen molar-refractivity contribution in [3.05, 3.63) is 11.1 Å². The Morgan fingerprint density at radius 1 is 1.23 bits per heavy atom. The molecular weight excluding hydrogens is 191 g/mol. The van der Waals surface area contributed by atoms with Crippen LogP contribution >= 0.6 is 7.60 Å². The predicted molar refractivity (Wildman–Crippen MR) is 45.9 cm³/mol. The van der Waals surface area contributed by atoms with Gasteiger partial charge in [0.15, 0.2) is 5.52 Å². The number of rotatable bonds is 4. The predicted octanol–water partition coefficient (Wildman–Crippen LogP) is 0.563. The molecule has 0 amide bonds. The maximum atomic E-state index is 11.0. The lowest BCUT2D eigenvalue weighted by Gasteiger charge is -2.28. The monoisotopic (exact) mass is 204 g/mol. The largest absolute Gasteiger partial charge is 0.805 e. The lowest BCUT2D eigenvalue weighted by molar-refractivity contribution is -0.310. The first-order chi connectivity index (χ1) is 5.84. The SMILES string of the molecule is CCC(CC)=C(C)C(=O)P(=O)([O-])[O-]. The van der Waals surface area contributed by atoms with E-state index in [1.807, 2.05) is 13.8 Å². The molecule has 0 radical (unpaired) electrons. The van der Waals surface area contributed by atoms with Crippen LogP contribution < -0.4 is 9.79 Å². The minimum Gasteiger partial charge on any atom is -0.805 e. The van der Waals surface area contributed by atoms with Gasteiger partial charge in [0.05, 0.1) is 0 Å². The van der Waals surface area contributed by atoms with E-state index in [9.17, 15) is 19.1 Å². The molecule has 0 aromatic heterocycles. The van der Waals surface area contributed by atoms with Crippen molar-refractivity contribution < 1.29 is 19.1 Å². The highest BCUT2D eigenvalue weighted by atomic mass is 31.2. The van der Waals surface area contributed by atoms with E-state index in [1.54, 1.807) is 0 Å². The molecule has 0 aromatic rings. The van der Waals surface area contributed by atoms with E-state index in [4.69, 9.17) is 0 Å². The van der Waals surface area contributed by atoms with Crippen molar-refractivity contribution in [2.45, 2.75) is 33.6 Å². The Morgan fingerprint density at radius 3 is 1.85 bits per heavy atom. The van der Waals surface area contributed by atoms with E-state index in [0.717, 1.165) is 5.57 Å². The minimum absolute atomic E-state index is 0.0818. The molecule has 0 bridgehead atoms. The molecule has 0 aliphatic carbocycles. The Bertz CT molecular complexity index is 268. The summed E-state index contributed by atoms with van der Waals surface area (Å²) in [5.41, 5.74) is -0.471. The molecule has 0 aliphatic rings. The van der Waals surface area contributed by atoms with E-state index in [0.29, 0.717) is 12.8 Å². The van der Waals surface area contributed by atoms with Gasteiger partial charge < -0.3 is 14.4 Å². The fraction of sp³-hybridized carbons (Fsp3) is 0.625. The van der Waals surface area contributed by atoms with Crippen molar-refractivity contribution >= 4 is 13.1 Å². The lowest BCUT2D eigenvalue weighted by Crippen LogP contribution is -2.23. The molecule has 0 unspecified atom stereocenters. The first-order valence-electron chi connectivity index (χ1n) is 4.10. The molecule has 0 aromatic carbocycles. The molecule has 0 fully saturated rings. The van der Waals surface area contributed by atoms with Gasteiger partial charge in [-0.2, -0.15) is 0 Å². The molecular formula is C8H13O4P-2. The van der Waals surface area contributed by atoms with Crippen molar-refractivity contribution in [3.8, 4) is 0 Å². The van der Waals surface area contributed by atoms with Crippen molar-refractivity contribution in [1.29, 1.82) is 0 Å². The van der Waals surface area contributed by atoms with Crippen LogP contribution in [0.1, 0.15) is 33.6 Å². The molecule has 0 N–H and O–H groups in total. The van der Waals surface area contributed by atoms with Crippen LogP contribution in [0.25, 0.3) is 0 Å². The number of carbonyl (C=O) groups excluding carboxylic acids is 1. The van der Waals surface area contributed by atoms with Gasteiger partial charge in [-0.1, -0.05) is 19.4 Å². The summed E-state index contributed by atoms with van der Waals surface area (Å²) in [7, 11) is -5.09. The molecule has 0 aliphatic heterocycles. The minimum atomic E-state index is -5.09. The first-order valence-corrected chi connectivity index (χ1v) is 5.64. The maximum absolute atomic E-state index is 11.0. The average Bonchev–Trinajstić information content (AvgIpc) is 2.03. The Kier molecular flexibility index (Phi) is 4.54. The number of allylic oxidation sites excluding steroid dienone is 2. The van der Waals surface area contributed by atoms with E-state index in [2.05, 4.69) is 0 Å². The Balaban J connectivity index is 4.98. The van der Waals surface area contributed by atoms with Crippen LogP contribution in [0, 0.1) is 0 Å². The van der Waals surface area contributed by atoms with Crippen LogP contribution in [0.4, 0.5) is 0 Å². The maximum Gasteiger partial charge on any atom is 0.188 e. The van der Waals surface area contributed by atoms with Crippen molar-refractivity contribution in [3.63, 3.8) is 0 Å². The van der Waals surface area contributed by atoms with Gasteiger partial charge in [-0.15, -0.1) is 0 Å². The van der Waals surface area contributed by atoms with Crippen molar-refractivity contribution in [2.24, 2.45) is 0 Å². The first kappa shape index (κ1) is 12.6. The van der Waals surface area contributed by atoms with Crippen LogP contribution in [0.3, 0.4) is 0 Å². The summed E-state index contributed by atoms with van der Waals surface area (Å²) in [6, 6.07) is 0. The molecule has 0 saturated carbocycles. The van der Waals surface area contributed by atoms with Crippen molar-refractivity contribution in [2.75, 3.05) is 0 Å². The number of hydrogen-bond donors (Lipinski definition) is 0. The van der Waals surface area contributed by atoms with Gasteiger partial charge in [-0.3, -0.25) is 4.79 Å². The third-order valence-electron chi connectivity index (χ3n) is 1.95. The second-order valence-electron chi connectivity index (χ2n) is 2.74. The summed E-state index contributed by atoms with van der Waals surface area (Å²) >= 11 is 0. The summed E-state index contributed by atoms with van der Waals surface area (Å²) in [4.78, 5) is 31.8. The van der Waals surface area contributed by atoms with E-state index >= 15 is 0 Å². The normalized spacial score (nSPS) is 11.2. The molecule has 0 atom stereocenters. The van der Waals surface area contributed by atoms with E-state index < -0.39 is 13.1 Å². The molecule has 76 valence electrons. The number of carbonyl (C=O) groups is 1. The van der Waals surface area contributed by atoms with Crippen LogP contribution in [0.2, 0.25) is 0 Å². The third-order valence-corrected chi connectivity index (χ3v) is 2.79. The fourth-order valence-corrected chi connectivity index (χ4v) is 1.71. The fourth-order valence-electron chi connectivity index (χ4n) is 1.14. The summed E-state index contributed by atoms with van der Waals surface area (Å²) < 4.78 is 10.4. The zero-order chi connectivity index (χ0) is 10.6. The van der Waals surface area contributed by atoms with Gasteiger partial charge in [0, 0.05) is 7.60 Å². The van der Waals surface area contributed by atoms with Gasteiger partial charge in [0.1, 0.15) is 0 Å². The van der Waals surface area contributed by atoms with Gasteiger partial charge >= 0.3 is 0 Å². The highest BCUT2D eigenvalue weighted by Gasteiger charge is 2.11. The highest BCUT2D eigenvalue weighted by Crippen LogP contribution is 2.31. The average molecular weight is 204 g/mol. The van der Waals surface area contributed by atoms with Crippen LogP contribution in [0.5, 0.6) is 0 Å². The molecule has 5 heteroatoms. The molecule has 0 saturated heterocycles. The molecule has 0 spiro atoms. The van der Waals surface area contributed by atoms with Gasteiger partial charge in [0.25, 0.3) is 0 Å². The van der Waals surface area contributed by atoms with Gasteiger partial charge in [-0.05, 0) is 25.3 Å². The Labute approximate surface area is 77.8 Å². The van der Waals surface area contributed by atoms with Gasteiger partial charge in [-0.25, -0.2) is 0 Å². The van der Waals surface area contributed by atoms with E-state index in [1.165, 1.54) is 6.92 Å². The highest BCUT2D eigenvalue weighted by molar-refractivity contribution is 7.68. The Hall–Kier alpha value is -0.440. The third kappa shape index (κ3) is 3.43. The molecule has 0 rings (SSSR count). The van der Waals surface area contributed by atoms with Crippen LogP contribution in [0.15, 0.2) is 11.1 Å². The zero-order valence-electron chi connectivity index (χ0n) is 7.99. The van der Waals surface area contributed by atoms with Crippen LogP contribution in [-0.2, 0) is 9.36 Å². The Morgan fingerprint density at radius 2 is 1.62 bits per heavy atom. The second kappa shape index (κ2) is 4.70. The molecule has 13 heavy (non-hydrogen) atoms. The van der Waals surface area contributed by atoms with Crippen molar-refractivity contribution in [1.82, 2.24) is 0 Å². The summed E-state index contributed by atoms with van der Waals surface area (Å²) in [6.07, 6.45) is 1.18. The zero-order valence-corrected chi connectivity index (χ0v) is 8.89. The standard InChI is InChI=1S/C8H15O4P/c1-4-7(5-2)6(3)8(9)13(10,11)12/h4-5H2,1-3H3,(H2,10,11,12)/p-2. The summed E-state index contributed by atoms with van der Waals surface area (Å²) in [5.74, 6) is 0. The topological polar surface area (TPSA) is 80.3 Å². The van der Waals surface area contributed by atoms with E-state index in [-0.39, 0.29) is 5.57 Å².